The molecule has 3 aromatic rings. The minimum Gasteiger partial charge on any atom is -0.466 e. The number of rotatable bonds is 3. The number of hydrogen-bond donors (Lipinski definition) is 0. The molecule has 3 rings (SSSR count). The molecule has 120 valence electrons. The second-order valence-electron chi connectivity index (χ2n) is 5.12. The average molecular weight is 338 g/mol. The van der Waals surface area contributed by atoms with Gasteiger partial charge in [-0.05, 0) is 36.8 Å². The third-order valence-electron chi connectivity index (χ3n) is 3.52. The first-order valence-electron chi connectivity index (χ1n) is 7.06. The highest BCUT2D eigenvalue weighted by Gasteiger charge is 2.30. The van der Waals surface area contributed by atoms with Crippen LogP contribution in [0.1, 0.15) is 18.1 Å². The van der Waals surface area contributed by atoms with Crippen molar-refractivity contribution in [2.24, 2.45) is 0 Å². The second kappa shape index (κ2) is 5.85. The molecule has 0 saturated carbocycles. The van der Waals surface area contributed by atoms with Gasteiger partial charge in [-0.2, -0.15) is 13.2 Å². The Hall–Kier alpha value is -2.08. The molecule has 0 radical (unpaired) electrons. The zero-order valence-electron chi connectivity index (χ0n) is 12.2. The maximum absolute atomic E-state index is 12.9. The monoisotopic (exact) mass is 338 g/mol. The fourth-order valence-electron chi connectivity index (χ4n) is 2.49. The maximum atomic E-state index is 12.9. The maximum Gasteiger partial charge on any atom is 0.416 e. The van der Waals surface area contributed by atoms with E-state index in [1.54, 1.807) is 19.1 Å². The topological polar surface area (TPSA) is 26.3 Å². The van der Waals surface area contributed by atoms with Crippen molar-refractivity contribution in [2.75, 3.05) is 6.61 Å². The van der Waals surface area contributed by atoms with Crippen molar-refractivity contribution in [3.8, 4) is 0 Å². The Morgan fingerprint density at radius 1 is 1.09 bits per heavy atom. The Morgan fingerprint density at radius 3 is 2.57 bits per heavy atom. The third kappa shape index (κ3) is 3.17. The van der Waals surface area contributed by atoms with E-state index in [-0.39, 0.29) is 12.4 Å². The van der Waals surface area contributed by atoms with E-state index in [2.05, 4.69) is 0 Å². The fourth-order valence-corrected chi connectivity index (χ4v) is 3.64. The summed E-state index contributed by atoms with van der Waals surface area (Å²) < 4.78 is 45.1. The summed E-state index contributed by atoms with van der Waals surface area (Å²) in [6.45, 7) is 2.06. The highest BCUT2D eigenvalue weighted by Crippen LogP contribution is 2.38. The molecule has 0 amide bonds. The number of benzene rings is 2. The van der Waals surface area contributed by atoms with Gasteiger partial charge in [-0.25, -0.2) is 0 Å². The molecule has 0 aliphatic rings. The molecule has 0 aliphatic carbocycles. The first-order chi connectivity index (χ1) is 10.9. The first-order valence-corrected chi connectivity index (χ1v) is 7.88. The number of halogens is 3. The van der Waals surface area contributed by atoms with Crippen molar-refractivity contribution in [1.82, 2.24) is 0 Å². The van der Waals surface area contributed by atoms with Crippen LogP contribution in [0.15, 0.2) is 36.4 Å². The summed E-state index contributed by atoms with van der Waals surface area (Å²) >= 11 is 1.42. The van der Waals surface area contributed by atoms with E-state index in [9.17, 15) is 18.0 Å². The van der Waals surface area contributed by atoms with E-state index in [0.717, 1.165) is 26.4 Å². The van der Waals surface area contributed by atoms with Crippen molar-refractivity contribution in [3.63, 3.8) is 0 Å². The van der Waals surface area contributed by atoms with E-state index in [1.165, 1.54) is 23.5 Å². The highest BCUT2D eigenvalue weighted by molar-refractivity contribution is 7.25. The van der Waals surface area contributed by atoms with Crippen LogP contribution in [0, 0.1) is 0 Å². The third-order valence-corrected chi connectivity index (χ3v) is 4.65. The molecule has 0 spiro atoms. The quantitative estimate of drug-likeness (QED) is 0.615. The van der Waals surface area contributed by atoms with E-state index >= 15 is 0 Å². The molecule has 0 N–H and O–H groups in total. The molecule has 0 fully saturated rings. The molecule has 0 atom stereocenters. The molecule has 2 aromatic carbocycles. The van der Waals surface area contributed by atoms with Gasteiger partial charge in [0, 0.05) is 20.2 Å². The summed E-state index contributed by atoms with van der Waals surface area (Å²) in [5, 5.41) is 1.35. The average Bonchev–Trinajstić information content (AvgIpc) is 2.83. The van der Waals surface area contributed by atoms with Crippen molar-refractivity contribution in [2.45, 2.75) is 19.5 Å². The number of esters is 1. The Balaban J connectivity index is 2.04. The van der Waals surface area contributed by atoms with Gasteiger partial charge in [-0.3, -0.25) is 4.79 Å². The molecular weight excluding hydrogens is 325 g/mol. The predicted octanol–water partition coefficient (Wildman–Crippen LogP) is 5.18. The Morgan fingerprint density at radius 2 is 1.87 bits per heavy atom. The van der Waals surface area contributed by atoms with Crippen molar-refractivity contribution in [3.05, 3.63) is 47.5 Å². The predicted molar refractivity (Wildman–Crippen MR) is 84.7 cm³/mol. The van der Waals surface area contributed by atoms with Crippen LogP contribution in [0.4, 0.5) is 13.2 Å². The van der Waals surface area contributed by atoms with Crippen LogP contribution in [0.2, 0.25) is 0 Å². The number of carbonyl (C=O) groups is 1. The summed E-state index contributed by atoms with van der Waals surface area (Å²) in [5.74, 6) is -0.313. The van der Waals surface area contributed by atoms with Crippen LogP contribution in [0.3, 0.4) is 0 Å². The molecular formula is C17H13F3O2S. The van der Waals surface area contributed by atoms with Gasteiger partial charge in [0.2, 0.25) is 0 Å². The standard InChI is InChI=1S/C17H13F3O2S/c1-2-22-16(21)8-10-3-5-12-13-9-11(17(18,19)20)4-6-14(13)23-15(12)7-10/h3-7,9H,2,8H2,1H3. The van der Waals surface area contributed by atoms with Crippen LogP contribution < -0.4 is 0 Å². The van der Waals surface area contributed by atoms with Crippen molar-refractivity contribution >= 4 is 37.5 Å². The molecule has 0 aliphatic heterocycles. The van der Waals surface area contributed by atoms with E-state index in [4.69, 9.17) is 4.74 Å². The van der Waals surface area contributed by atoms with E-state index in [0.29, 0.717) is 12.0 Å². The Labute approximate surface area is 134 Å². The minimum atomic E-state index is -4.35. The summed E-state index contributed by atoms with van der Waals surface area (Å²) in [5.41, 5.74) is 0.138. The molecule has 23 heavy (non-hydrogen) atoms. The van der Waals surface area contributed by atoms with Gasteiger partial charge in [-0.15, -0.1) is 11.3 Å². The molecule has 2 nitrogen and oxygen atoms in total. The lowest BCUT2D eigenvalue weighted by Crippen LogP contribution is -2.07. The molecule has 1 heterocycles. The van der Waals surface area contributed by atoms with Gasteiger partial charge in [0.05, 0.1) is 18.6 Å². The largest absolute Gasteiger partial charge is 0.466 e. The van der Waals surface area contributed by atoms with Gasteiger partial charge in [0.1, 0.15) is 0 Å². The minimum absolute atomic E-state index is 0.159. The lowest BCUT2D eigenvalue weighted by atomic mass is 10.1. The smallest absolute Gasteiger partial charge is 0.416 e. The lowest BCUT2D eigenvalue weighted by Gasteiger charge is -2.06. The normalized spacial score (nSPS) is 12.0. The summed E-state index contributed by atoms with van der Waals surface area (Å²) in [7, 11) is 0. The van der Waals surface area contributed by atoms with Crippen molar-refractivity contribution < 1.29 is 22.7 Å². The zero-order valence-corrected chi connectivity index (χ0v) is 13.1. The molecule has 0 unspecified atom stereocenters. The van der Waals surface area contributed by atoms with Crippen LogP contribution in [-0.2, 0) is 22.1 Å². The number of hydrogen-bond acceptors (Lipinski definition) is 3. The van der Waals surface area contributed by atoms with Gasteiger partial charge >= 0.3 is 12.1 Å². The van der Waals surface area contributed by atoms with Gasteiger partial charge in [0.25, 0.3) is 0 Å². The number of ether oxygens (including phenoxy) is 1. The van der Waals surface area contributed by atoms with Crippen LogP contribution in [0.25, 0.3) is 20.2 Å². The number of thiophene rings is 1. The van der Waals surface area contributed by atoms with E-state index in [1.807, 2.05) is 6.07 Å². The van der Waals surface area contributed by atoms with Crippen LogP contribution in [-0.4, -0.2) is 12.6 Å². The van der Waals surface area contributed by atoms with E-state index < -0.39 is 11.7 Å². The van der Waals surface area contributed by atoms with Crippen LogP contribution >= 0.6 is 11.3 Å². The van der Waals surface area contributed by atoms with Gasteiger partial charge in [-0.1, -0.05) is 12.1 Å². The van der Waals surface area contributed by atoms with Crippen molar-refractivity contribution in [1.29, 1.82) is 0 Å². The SMILES string of the molecule is CCOC(=O)Cc1ccc2c(c1)sc1ccc(C(F)(F)F)cc12. The molecule has 1 aromatic heterocycles. The number of alkyl halides is 3. The summed E-state index contributed by atoms with van der Waals surface area (Å²) in [6.07, 6.45) is -4.20. The Bertz CT molecular complexity index is 881. The summed E-state index contributed by atoms with van der Waals surface area (Å²) in [6, 6.07) is 9.13. The number of carbonyl (C=O) groups excluding carboxylic acids is 1. The lowest BCUT2D eigenvalue weighted by molar-refractivity contribution is -0.142. The second-order valence-corrected chi connectivity index (χ2v) is 6.21. The fraction of sp³-hybridized carbons (Fsp3) is 0.235. The molecule has 0 saturated heterocycles. The first kappa shape index (κ1) is 15.8. The van der Waals surface area contributed by atoms with Crippen LogP contribution in [0.5, 0.6) is 0 Å². The highest BCUT2D eigenvalue weighted by atomic mass is 32.1. The van der Waals surface area contributed by atoms with Gasteiger partial charge in [0.15, 0.2) is 0 Å². The van der Waals surface area contributed by atoms with Gasteiger partial charge < -0.3 is 4.74 Å². The molecule has 6 heteroatoms. The summed E-state index contributed by atoms with van der Waals surface area (Å²) in [4.78, 5) is 11.5. The Kier molecular flexibility index (Phi) is 4.02. The zero-order chi connectivity index (χ0) is 16.6. The molecule has 0 bridgehead atoms. The number of fused-ring (bicyclic) bond motifs is 3.